The van der Waals surface area contributed by atoms with Crippen LogP contribution in [-0.2, 0) is 11.3 Å². The molecule has 0 spiro atoms. The minimum Gasteiger partial charge on any atom is -0.324 e. The lowest BCUT2D eigenvalue weighted by atomic mass is 10.1. The summed E-state index contributed by atoms with van der Waals surface area (Å²) in [5.41, 5.74) is 3.50. The number of hydrogen-bond acceptors (Lipinski definition) is 4. The van der Waals surface area contributed by atoms with Crippen molar-refractivity contribution in [2.45, 2.75) is 26.3 Å². The fourth-order valence-corrected chi connectivity index (χ4v) is 3.10. The first-order valence-corrected chi connectivity index (χ1v) is 9.40. The molecule has 146 valence electrons. The van der Waals surface area contributed by atoms with Crippen LogP contribution in [-0.4, -0.2) is 24.8 Å². The van der Waals surface area contributed by atoms with E-state index in [0.717, 1.165) is 16.9 Å². The number of nitrogens with zero attached hydrogens (tertiary/aromatic N) is 4. The van der Waals surface area contributed by atoms with Crippen LogP contribution in [0.1, 0.15) is 25.5 Å². The minimum absolute atomic E-state index is 0.107. The molecule has 0 aliphatic rings. The SMILES string of the molecule is CC(C)c1cc(=O)n(CC(=O)Nc2ccccc2-c2cn3ccccc3n2)cn1. The summed E-state index contributed by atoms with van der Waals surface area (Å²) in [7, 11) is 0. The molecule has 29 heavy (non-hydrogen) atoms. The summed E-state index contributed by atoms with van der Waals surface area (Å²) in [6.07, 6.45) is 5.26. The Balaban J connectivity index is 1.57. The van der Waals surface area contributed by atoms with Crippen molar-refractivity contribution in [3.8, 4) is 11.3 Å². The fourth-order valence-electron chi connectivity index (χ4n) is 3.10. The number of pyridine rings is 1. The number of rotatable bonds is 5. The summed E-state index contributed by atoms with van der Waals surface area (Å²) in [4.78, 5) is 33.7. The van der Waals surface area contributed by atoms with E-state index in [2.05, 4.69) is 15.3 Å². The summed E-state index contributed by atoms with van der Waals surface area (Å²) >= 11 is 0. The van der Waals surface area contributed by atoms with Gasteiger partial charge in [-0.05, 0) is 24.1 Å². The Morgan fingerprint density at radius 1 is 1.14 bits per heavy atom. The number of aromatic nitrogens is 4. The smallest absolute Gasteiger partial charge is 0.254 e. The van der Waals surface area contributed by atoms with E-state index in [4.69, 9.17) is 0 Å². The number of benzene rings is 1. The highest BCUT2D eigenvalue weighted by molar-refractivity contribution is 5.95. The average molecular weight is 387 g/mol. The molecule has 4 rings (SSSR count). The first kappa shape index (κ1) is 18.6. The molecule has 1 amide bonds. The monoisotopic (exact) mass is 387 g/mol. The van der Waals surface area contributed by atoms with E-state index in [-0.39, 0.29) is 23.9 Å². The van der Waals surface area contributed by atoms with Crippen LogP contribution in [0.25, 0.3) is 16.9 Å². The molecule has 0 bridgehead atoms. The van der Waals surface area contributed by atoms with Gasteiger partial charge in [-0.3, -0.25) is 14.2 Å². The number of nitrogens with one attached hydrogen (secondary N) is 1. The molecule has 0 saturated heterocycles. The first-order chi connectivity index (χ1) is 14.0. The zero-order valence-corrected chi connectivity index (χ0v) is 16.2. The zero-order chi connectivity index (χ0) is 20.4. The van der Waals surface area contributed by atoms with Crippen LogP contribution in [0.15, 0.2) is 72.0 Å². The maximum Gasteiger partial charge on any atom is 0.254 e. The summed E-state index contributed by atoms with van der Waals surface area (Å²) < 4.78 is 3.23. The molecule has 0 aliphatic carbocycles. The van der Waals surface area contributed by atoms with Gasteiger partial charge in [0.1, 0.15) is 12.2 Å². The van der Waals surface area contributed by atoms with E-state index in [9.17, 15) is 9.59 Å². The lowest BCUT2D eigenvalue weighted by Crippen LogP contribution is -2.28. The Kier molecular flexibility index (Phi) is 4.95. The molecule has 0 saturated carbocycles. The second-order valence-corrected chi connectivity index (χ2v) is 7.12. The highest BCUT2D eigenvalue weighted by Crippen LogP contribution is 2.27. The minimum atomic E-state index is -0.303. The summed E-state index contributed by atoms with van der Waals surface area (Å²) in [5, 5.41) is 2.89. The van der Waals surface area contributed by atoms with Crippen molar-refractivity contribution in [1.29, 1.82) is 0 Å². The Morgan fingerprint density at radius 3 is 2.69 bits per heavy atom. The van der Waals surface area contributed by atoms with Gasteiger partial charge in [0.05, 0.1) is 23.4 Å². The predicted molar refractivity (Wildman–Crippen MR) is 112 cm³/mol. The second kappa shape index (κ2) is 7.71. The number of anilines is 1. The van der Waals surface area contributed by atoms with Gasteiger partial charge in [-0.15, -0.1) is 0 Å². The Bertz CT molecular complexity index is 1210. The van der Waals surface area contributed by atoms with Crippen LogP contribution >= 0.6 is 0 Å². The summed E-state index contributed by atoms with van der Waals surface area (Å²) in [6.45, 7) is 3.83. The third-order valence-corrected chi connectivity index (χ3v) is 4.65. The van der Waals surface area contributed by atoms with Gasteiger partial charge in [0.2, 0.25) is 5.91 Å². The summed E-state index contributed by atoms with van der Waals surface area (Å²) in [6, 6.07) is 14.7. The summed E-state index contributed by atoms with van der Waals surface area (Å²) in [5.74, 6) is -0.147. The van der Waals surface area contributed by atoms with Crippen LogP contribution in [0.2, 0.25) is 0 Å². The van der Waals surface area contributed by atoms with E-state index < -0.39 is 0 Å². The van der Waals surface area contributed by atoms with Gasteiger partial charge in [0, 0.05) is 24.0 Å². The van der Waals surface area contributed by atoms with Crippen molar-refractivity contribution in [2.24, 2.45) is 0 Å². The molecule has 7 heteroatoms. The highest BCUT2D eigenvalue weighted by atomic mass is 16.2. The molecule has 0 unspecified atom stereocenters. The molecule has 1 aromatic carbocycles. The predicted octanol–water partition coefficient (Wildman–Crippen LogP) is 3.32. The van der Waals surface area contributed by atoms with Crippen molar-refractivity contribution in [3.63, 3.8) is 0 Å². The molecular formula is C22H21N5O2. The number of hydrogen-bond donors (Lipinski definition) is 1. The highest BCUT2D eigenvalue weighted by Gasteiger charge is 2.13. The van der Waals surface area contributed by atoms with E-state index in [1.807, 2.05) is 73.1 Å². The van der Waals surface area contributed by atoms with Crippen molar-refractivity contribution in [2.75, 3.05) is 5.32 Å². The first-order valence-electron chi connectivity index (χ1n) is 9.40. The van der Waals surface area contributed by atoms with Crippen molar-refractivity contribution < 1.29 is 4.79 Å². The van der Waals surface area contributed by atoms with E-state index >= 15 is 0 Å². The van der Waals surface area contributed by atoms with Crippen LogP contribution in [0, 0.1) is 0 Å². The lowest BCUT2D eigenvalue weighted by Gasteiger charge is -2.11. The molecule has 0 atom stereocenters. The van der Waals surface area contributed by atoms with Crippen LogP contribution < -0.4 is 10.9 Å². The third kappa shape index (κ3) is 3.94. The van der Waals surface area contributed by atoms with Gasteiger partial charge in [0.15, 0.2) is 0 Å². The van der Waals surface area contributed by atoms with E-state index in [0.29, 0.717) is 11.4 Å². The van der Waals surface area contributed by atoms with Gasteiger partial charge in [-0.1, -0.05) is 38.1 Å². The van der Waals surface area contributed by atoms with Gasteiger partial charge < -0.3 is 9.72 Å². The number of carbonyl (C=O) groups excluding carboxylic acids is 1. The molecule has 3 heterocycles. The van der Waals surface area contributed by atoms with Gasteiger partial charge in [-0.25, -0.2) is 9.97 Å². The van der Waals surface area contributed by atoms with Gasteiger partial charge in [-0.2, -0.15) is 0 Å². The maximum absolute atomic E-state index is 12.6. The average Bonchev–Trinajstić information content (AvgIpc) is 3.14. The molecule has 0 fully saturated rings. The number of carbonyl (C=O) groups is 1. The van der Waals surface area contributed by atoms with Crippen molar-refractivity contribution >= 4 is 17.2 Å². The third-order valence-electron chi connectivity index (χ3n) is 4.65. The Hall–Kier alpha value is -3.74. The van der Waals surface area contributed by atoms with Crippen molar-refractivity contribution in [1.82, 2.24) is 18.9 Å². The second-order valence-electron chi connectivity index (χ2n) is 7.12. The number of para-hydroxylation sites is 1. The largest absolute Gasteiger partial charge is 0.324 e. The number of imidazole rings is 1. The Morgan fingerprint density at radius 2 is 1.93 bits per heavy atom. The molecule has 0 aliphatic heterocycles. The van der Waals surface area contributed by atoms with E-state index in [1.54, 1.807) is 0 Å². The molecule has 7 nitrogen and oxygen atoms in total. The lowest BCUT2D eigenvalue weighted by molar-refractivity contribution is -0.116. The van der Waals surface area contributed by atoms with Crippen LogP contribution in [0.3, 0.4) is 0 Å². The number of fused-ring (bicyclic) bond motifs is 1. The van der Waals surface area contributed by atoms with Crippen LogP contribution in [0.5, 0.6) is 0 Å². The molecule has 1 N–H and O–H groups in total. The van der Waals surface area contributed by atoms with E-state index in [1.165, 1.54) is 17.0 Å². The fraction of sp³-hybridized carbons (Fsp3) is 0.182. The molecule has 3 aromatic heterocycles. The standard InChI is InChI=1S/C22H21N5O2/c1-15(2)18-11-22(29)27(14-23-18)13-21(28)25-17-8-4-3-7-16(17)19-12-26-10-6-5-9-20(26)24-19/h3-12,14-15H,13H2,1-2H3,(H,25,28). The van der Waals surface area contributed by atoms with Gasteiger partial charge >= 0.3 is 0 Å². The van der Waals surface area contributed by atoms with Crippen molar-refractivity contribution in [3.05, 3.63) is 83.3 Å². The van der Waals surface area contributed by atoms with Crippen LogP contribution in [0.4, 0.5) is 5.69 Å². The maximum atomic E-state index is 12.6. The van der Waals surface area contributed by atoms with Gasteiger partial charge in [0.25, 0.3) is 5.56 Å². The Labute approximate surface area is 167 Å². The molecule has 0 radical (unpaired) electrons. The normalized spacial score (nSPS) is 11.1. The molecular weight excluding hydrogens is 366 g/mol. The quantitative estimate of drug-likeness (QED) is 0.570. The number of amides is 1. The topological polar surface area (TPSA) is 81.3 Å². The molecule has 4 aromatic rings. The zero-order valence-electron chi connectivity index (χ0n) is 16.2.